The quantitative estimate of drug-likeness (QED) is 0.721. The third kappa shape index (κ3) is 5.29. The van der Waals surface area contributed by atoms with Crippen LogP contribution in [0.25, 0.3) is 0 Å². The highest BCUT2D eigenvalue weighted by Gasteiger charge is 2.04. The van der Waals surface area contributed by atoms with Crippen LogP contribution in [-0.2, 0) is 11.3 Å². The summed E-state index contributed by atoms with van der Waals surface area (Å²) in [4.78, 5) is 10.9. The molecular weight excluding hydrogens is 230 g/mol. The lowest BCUT2D eigenvalue weighted by molar-refractivity contribution is 0.178. The maximum atomic E-state index is 5.07. The molecule has 102 valence electrons. The van der Waals surface area contributed by atoms with Crippen molar-refractivity contribution >= 4 is 11.6 Å². The van der Waals surface area contributed by atoms with Gasteiger partial charge in [0.25, 0.3) is 0 Å². The van der Waals surface area contributed by atoms with Crippen LogP contribution in [-0.4, -0.2) is 55.7 Å². The zero-order chi connectivity index (χ0) is 13.4. The van der Waals surface area contributed by atoms with Gasteiger partial charge in [-0.15, -0.1) is 0 Å². The normalized spacial score (nSPS) is 10.7. The molecule has 0 atom stereocenters. The van der Waals surface area contributed by atoms with Crippen LogP contribution < -0.4 is 10.6 Å². The monoisotopic (exact) mass is 253 g/mol. The van der Waals surface area contributed by atoms with E-state index in [0.29, 0.717) is 12.4 Å². The number of methoxy groups -OCH3 is 1. The van der Waals surface area contributed by atoms with E-state index in [0.717, 1.165) is 31.3 Å². The van der Waals surface area contributed by atoms with Crippen LogP contribution >= 0.6 is 0 Å². The molecule has 6 nitrogen and oxygen atoms in total. The molecule has 0 aliphatic rings. The fourth-order valence-electron chi connectivity index (χ4n) is 1.46. The Morgan fingerprint density at radius 1 is 1.22 bits per heavy atom. The highest BCUT2D eigenvalue weighted by Crippen LogP contribution is 2.11. The summed E-state index contributed by atoms with van der Waals surface area (Å²) in [5, 5.41) is 6.47. The molecule has 0 amide bonds. The Kier molecular flexibility index (Phi) is 6.38. The van der Waals surface area contributed by atoms with Crippen LogP contribution in [0.3, 0.4) is 0 Å². The summed E-state index contributed by atoms with van der Waals surface area (Å²) in [6.07, 6.45) is 0. The molecule has 0 aliphatic carbocycles. The van der Waals surface area contributed by atoms with Crippen molar-refractivity contribution in [3.8, 4) is 0 Å². The highest BCUT2D eigenvalue weighted by atomic mass is 16.5. The standard InChI is InChI=1S/C12H23N5O/c1-5-13-10-8-11(14-6-7-17(2)3)16-12(15-10)9-18-4/h8H,5-7,9H2,1-4H3,(H2,13,14,15,16). The SMILES string of the molecule is CCNc1cc(NCCN(C)C)nc(COC)n1. The number of nitrogens with one attached hydrogen (secondary N) is 2. The summed E-state index contributed by atoms with van der Waals surface area (Å²) in [6, 6.07) is 1.92. The lowest BCUT2D eigenvalue weighted by Crippen LogP contribution is -2.21. The third-order valence-corrected chi connectivity index (χ3v) is 2.27. The first kappa shape index (κ1) is 14.7. The number of likely N-dealkylation sites (N-methyl/N-ethyl adjacent to an activating group) is 1. The van der Waals surface area contributed by atoms with E-state index >= 15 is 0 Å². The van der Waals surface area contributed by atoms with Crippen molar-refractivity contribution in [2.75, 3.05) is 51.5 Å². The molecule has 1 aromatic heterocycles. The molecule has 0 radical (unpaired) electrons. The van der Waals surface area contributed by atoms with Crippen LogP contribution in [0, 0.1) is 0 Å². The number of nitrogens with zero attached hydrogens (tertiary/aromatic N) is 3. The fraction of sp³-hybridized carbons (Fsp3) is 0.667. The molecule has 0 fully saturated rings. The summed E-state index contributed by atoms with van der Waals surface area (Å²) < 4.78 is 5.07. The molecular formula is C12H23N5O. The van der Waals surface area contributed by atoms with Crippen molar-refractivity contribution in [1.82, 2.24) is 14.9 Å². The summed E-state index contributed by atoms with van der Waals surface area (Å²) in [6.45, 7) is 5.10. The summed E-state index contributed by atoms with van der Waals surface area (Å²) >= 11 is 0. The van der Waals surface area contributed by atoms with E-state index in [4.69, 9.17) is 4.74 Å². The minimum absolute atomic E-state index is 0.418. The van der Waals surface area contributed by atoms with Crippen molar-refractivity contribution in [2.24, 2.45) is 0 Å². The number of anilines is 2. The third-order valence-electron chi connectivity index (χ3n) is 2.27. The average molecular weight is 253 g/mol. The second-order valence-corrected chi connectivity index (χ2v) is 4.25. The molecule has 0 spiro atoms. The molecule has 1 aromatic rings. The number of hydrogen-bond donors (Lipinski definition) is 2. The van der Waals surface area contributed by atoms with Crippen molar-refractivity contribution in [3.63, 3.8) is 0 Å². The molecule has 0 bridgehead atoms. The van der Waals surface area contributed by atoms with Crippen LogP contribution in [0.2, 0.25) is 0 Å². The van der Waals surface area contributed by atoms with Gasteiger partial charge in [0.2, 0.25) is 0 Å². The maximum absolute atomic E-state index is 5.07. The number of rotatable bonds is 8. The first-order valence-corrected chi connectivity index (χ1v) is 6.15. The molecule has 0 saturated carbocycles. The zero-order valence-electron chi connectivity index (χ0n) is 11.7. The van der Waals surface area contributed by atoms with E-state index in [1.807, 2.05) is 27.1 Å². The van der Waals surface area contributed by atoms with Gasteiger partial charge in [0.1, 0.15) is 18.2 Å². The van der Waals surface area contributed by atoms with Crippen LogP contribution in [0.4, 0.5) is 11.6 Å². The summed E-state index contributed by atoms with van der Waals surface area (Å²) in [5.74, 6) is 2.34. The first-order chi connectivity index (χ1) is 8.65. The molecule has 0 unspecified atom stereocenters. The summed E-state index contributed by atoms with van der Waals surface area (Å²) in [5.41, 5.74) is 0. The topological polar surface area (TPSA) is 62.3 Å². The van der Waals surface area contributed by atoms with Crippen molar-refractivity contribution in [1.29, 1.82) is 0 Å². The predicted molar refractivity (Wildman–Crippen MR) is 74.0 cm³/mol. The number of hydrogen-bond acceptors (Lipinski definition) is 6. The van der Waals surface area contributed by atoms with Gasteiger partial charge >= 0.3 is 0 Å². The molecule has 0 aliphatic heterocycles. The second kappa shape index (κ2) is 7.84. The van der Waals surface area contributed by atoms with E-state index in [1.54, 1.807) is 7.11 Å². The summed E-state index contributed by atoms with van der Waals surface area (Å²) in [7, 11) is 5.73. The van der Waals surface area contributed by atoms with E-state index in [2.05, 4.69) is 25.5 Å². The predicted octanol–water partition coefficient (Wildman–Crippen LogP) is 1.03. The van der Waals surface area contributed by atoms with E-state index in [-0.39, 0.29) is 0 Å². The molecule has 1 rings (SSSR count). The zero-order valence-corrected chi connectivity index (χ0v) is 11.7. The van der Waals surface area contributed by atoms with Gasteiger partial charge in [-0.2, -0.15) is 0 Å². The van der Waals surface area contributed by atoms with Gasteiger partial charge in [-0.05, 0) is 21.0 Å². The Morgan fingerprint density at radius 3 is 2.44 bits per heavy atom. The average Bonchev–Trinajstić information content (AvgIpc) is 2.29. The van der Waals surface area contributed by atoms with Gasteiger partial charge < -0.3 is 20.3 Å². The van der Waals surface area contributed by atoms with E-state index < -0.39 is 0 Å². The Bertz CT molecular complexity index is 332. The first-order valence-electron chi connectivity index (χ1n) is 6.15. The molecule has 6 heteroatoms. The lowest BCUT2D eigenvalue weighted by atomic mass is 10.4. The molecule has 2 N–H and O–H groups in total. The van der Waals surface area contributed by atoms with Crippen LogP contribution in [0.5, 0.6) is 0 Å². The largest absolute Gasteiger partial charge is 0.377 e. The van der Waals surface area contributed by atoms with Gasteiger partial charge in [-0.25, -0.2) is 9.97 Å². The Balaban J connectivity index is 2.69. The van der Waals surface area contributed by atoms with E-state index in [1.165, 1.54) is 0 Å². The second-order valence-electron chi connectivity index (χ2n) is 4.25. The van der Waals surface area contributed by atoms with Gasteiger partial charge in [-0.3, -0.25) is 0 Å². The number of aromatic nitrogens is 2. The lowest BCUT2D eigenvalue weighted by Gasteiger charge is -2.12. The minimum atomic E-state index is 0.418. The fourth-order valence-corrected chi connectivity index (χ4v) is 1.46. The van der Waals surface area contributed by atoms with Gasteiger partial charge in [0.05, 0.1) is 0 Å². The van der Waals surface area contributed by atoms with Crippen molar-refractivity contribution < 1.29 is 4.74 Å². The molecule has 1 heterocycles. The van der Waals surface area contributed by atoms with Crippen molar-refractivity contribution in [2.45, 2.75) is 13.5 Å². The number of ether oxygens (including phenoxy) is 1. The van der Waals surface area contributed by atoms with Gasteiger partial charge in [0.15, 0.2) is 5.82 Å². The highest BCUT2D eigenvalue weighted by molar-refractivity contribution is 5.47. The Labute approximate surface area is 109 Å². The maximum Gasteiger partial charge on any atom is 0.158 e. The smallest absolute Gasteiger partial charge is 0.158 e. The molecule has 0 aromatic carbocycles. The van der Waals surface area contributed by atoms with Gasteiger partial charge in [0, 0.05) is 32.8 Å². The molecule has 18 heavy (non-hydrogen) atoms. The Morgan fingerprint density at radius 2 is 1.89 bits per heavy atom. The Hall–Kier alpha value is -1.40. The van der Waals surface area contributed by atoms with E-state index in [9.17, 15) is 0 Å². The van der Waals surface area contributed by atoms with Crippen LogP contribution in [0.1, 0.15) is 12.7 Å². The van der Waals surface area contributed by atoms with Crippen LogP contribution in [0.15, 0.2) is 6.07 Å². The van der Waals surface area contributed by atoms with Crippen molar-refractivity contribution in [3.05, 3.63) is 11.9 Å². The minimum Gasteiger partial charge on any atom is -0.377 e. The molecule has 0 saturated heterocycles. The van der Waals surface area contributed by atoms with Gasteiger partial charge in [-0.1, -0.05) is 0 Å².